The lowest BCUT2D eigenvalue weighted by molar-refractivity contribution is 0.0697. The molecule has 1 aliphatic rings. The third kappa shape index (κ3) is 3.94. The third-order valence-electron chi connectivity index (χ3n) is 5.05. The topological polar surface area (TPSA) is 144 Å². The van der Waals surface area contributed by atoms with Gasteiger partial charge in [-0.2, -0.15) is 9.97 Å². The van der Waals surface area contributed by atoms with Crippen molar-refractivity contribution in [3.05, 3.63) is 28.8 Å². The summed E-state index contributed by atoms with van der Waals surface area (Å²) in [5, 5.41) is 23.9. The van der Waals surface area contributed by atoms with Crippen LogP contribution in [0.2, 0.25) is 5.02 Å². The molecule has 0 amide bonds. The summed E-state index contributed by atoms with van der Waals surface area (Å²) >= 11 is 6.08. The summed E-state index contributed by atoms with van der Waals surface area (Å²) < 4.78 is 1.56. The highest BCUT2D eigenvalue weighted by molar-refractivity contribution is 6.33. The average Bonchev–Trinajstić information content (AvgIpc) is 3.05. The number of halogens is 1. The number of rotatable bonds is 5. The van der Waals surface area contributed by atoms with E-state index in [9.17, 15) is 4.79 Å². The Balaban J connectivity index is 1.68. The van der Waals surface area contributed by atoms with E-state index in [0.29, 0.717) is 28.6 Å². The van der Waals surface area contributed by atoms with Crippen LogP contribution in [0.3, 0.4) is 0 Å². The molecule has 1 saturated carbocycles. The van der Waals surface area contributed by atoms with Crippen molar-refractivity contribution in [3.63, 3.8) is 0 Å². The van der Waals surface area contributed by atoms with Crippen molar-refractivity contribution in [2.75, 3.05) is 10.6 Å². The van der Waals surface area contributed by atoms with Crippen LogP contribution in [0.15, 0.2) is 18.2 Å². The molecule has 2 aromatic heterocycles. The predicted octanol–water partition coefficient (Wildman–Crippen LogP) is 2.54. The van der Waals surface area contributed by atoms with Crippen LogP contribution in [0.25, 0.3) is 11.2 Å². The van der Waals surface area contributed by atoms with Crippen LogP contribution in [0, 0.1) is 0 Å². The number of aromatic carboxylic acids is 1. The number of nitrogens with zero attached hydrogens (tertiary/aromatic N) is 5. The van der Waals surface area contributed by atoms with Gasteiger partial charge in [0.05, 0.1) is 10.6 Å². The molecule has 2 atom stereocenters. The Bertz CT molecular complexity index is 1070. The molecule has 1 aliphatic carbocycles. The van der Waals surface area contributed by atoms with E-state index in [-0.39, 0.29) is 22.7 Å². The number of carbonyl (C=O) groups is 1. The van der Waals surface area contributed by atoms with E-state index in [1.165, 1.54) is 12.1 Å². The summed E-state index contributed by atoms with van der Waals surface area (Å²) in [5.41, 5.74) is 7.89. The number of hydrogen-bond acceptors (Lipinski definition) is 8. The molecule has 4 rings (SSSR count). The van der Waals surface area contributed by atoms with E-state index in [1.807, 2.05) is 0 Å². The van der Waals surface area contributed by atoms with E-state index >= 15 is 0 Å². The van der Waals surface area contributed by atoms with Gasteiger partial charge in [0.15, 0.2) is 17.0 Å². The van der Waals surface area contributed by atoms with Crippen molar-refractivity contribution in [1.82, 2.24) is 25.0 Å². The molecule has 29 heavy (non-hydrogen) atoms. The fourth-order valence-electron chi connectivity index (χ4n) is 3.47. The van der Waals surface area contributed by atoms with Crippen LogP contribution in [0.1, 0.15) is 36.0 Å². The second kappa shape index (κ2) is 7.80. The lowest BCUT2D eigenvalue weighted by Crippen LogP contribution is -2.43. The molecule has 0 spiro atoms. The maximum absolute atomic E-state index is 11.2. The Hall–Kier alpha value is -2.98. The number of benzene rings is 1. The van der Waals surface area contributed by atoms with Crippen molar-refractivity contribution >= 4 is 46.2 Å². The molecule has 152 valence electrons. The maximum Gasteiger partial charge on any atom is 0.337 e. The van der Waals surface area contributed by atoms with Gasteiger partial charge in [-0.15, -0.1) is 5.10 Å². The quantitative estimate of drug-likeness (QED) is 0.493. The predicted molar refractivity (Wildman–Crippen MR) is 110 cm³/mol. The zero-order valence-corrected chi connectivity index (χ0v) is 16.5. The molecule has 0 radical (unpaired) electrons. The van der Waals surface area contributed by atoms with Gasteiger partial charge in [0.2, 0.25) is 5.95 Å². The van der Waals surface area contributed by atoms with Gasteiger partial charge in [-0.05, 0) is 31.0 Å². The first-order valence-corrected chi connectivity index (χ1v) is 9.69. The number of aromatic nitrogens is 5. The molecule has 0 saturated heterocycles. The number of aryl methyl sites for hydroxylation is 1. The first-order valence-electron chi connectivity index (χ1n) is 9.32. The zero-order chi connectivity index (χ0) is 20.5. The van der Waals surface area contributed by atoms with Crippen molar-refractivity contribution in [3.8, 4) is 0 Å². The highest BCUT2D eigenvalue weighted by Crippen LogP contribution is 2.27. The first-order chi connectivity index (χ1) is 13.9. The Labute approximate surface area is 171 Å². The largest absolute Gasteiger partial charge is 0.478 e. The minimum absolute atomic E-state index is 0.0261. The minimum atomic E-state index is -1.09. The lowest BCUT2D eigenvalue weighted by Gasteiger charge is -2.29. The molecule has 2 unspecified atom stereocenters. The van der Waals surface area contributed by atoms with Crippen molar-refractivity contribution in [1.29, 1.82) is 0 Å². The maximum atomic E-state index is 11.2. The number of nitrogens with two attached hydrogens (primary N) is 1. The molecule has 1 fully saturated rings. The van der Waals surface area contributed by atoms with E-state index < -0.39 is 5.97 Å². The summed E-state index contributed by atoms with van der Waals surface area (Å²) in [7, 11) is 1.75. The van der Waals surface area contributed by atoms with Gasteiger partial charge in [0.1, 0.15) is 0 Å². The van der Waals surface area contributed by atoms with E-state index in [0.717, 1.165) is 25.7 Å². The summed E-state index contributed by atoms with van der Waals surface area (Å²) in [4.78, 5) is 20.3. The third-order valence-corrected chi connectivity index (χ3v) is 5.36. The number of anilines is 3. The monoisotopic (exact) mass is 416 g/mol. The molecule has 2 heterocycles. The molecule has 5 N–H and O–H groups in total. The number of carboxylic acids is 1. The summed E-state index contributed by atoms with van der Waals surface area (Å²) in [6, 6.07) is 4.72. The van der Waals surface area contributed by atoms with Crippen LogP contribution in [-0.4, -0.2) is 48.1 Å². The van der Waals surface area contributed by atoms with Gasteiger partial charge in [-0.25, -0.2) is 9.48 Å². The van der Waals surface area contributed by atoms with Crippen LogP contribution in [0.5, 0.6) is 0 Å². The summed E-state index contributed by atoms with van der Waals surface area (Å²) in [6.07, 6.45) is 4.17. The Morgan fingerprint density at radius 1 is 1.31 bits per heavy atom. The second-order valence-electron chi connectivity index (χ2n) is 7.11. The number of nitrogens with one attached hydrogen (secondary N) is 2. The standard InChI is InChI=1S/C18H21ClN8O2/c1-27-16-14(25-26-27)15(21-9-6-7-10(17(28)29)11(19)8-9)23-18(24-16)22-13-5-3-2-4-12(13)20/h6-8,12-13H,2-5,20H2,1H3,(H,28,29)(H2,21,22,23,24). The smallest absolute Gasteiger partial charge is 0.337 e. The number of hydrogen-bond donors (Lipinski definition) is 4. The highest BCUT2D eigenvalue weighted by Gasteiger charge is 2.23. The van der Waals surface area contributed by atoms with Crippen LogP contribution >= 0.6 is 11.6 Å². The van der Waals surface area contributed by atoms with Crippen molar-refractivity contribution < 1.29 is 9.90 Å². The molecule has 0 aliphatic heterocycles. The zero-order valence-electron chi connectivity index (χ0n) is 15.8. The molecular weight excluding hydrogens is 396 g/mol. The van der Waals surface area contributed by atoms with E-state index in [1.54, 1.807) is 17.8 Å². The lowest BCUT2D eigenvalue weighted by atomic mass is 9.91. The van der Waals surface area contributed by atoms with Crippen molar-refractivity contribution in [2.24, 2.45) is 12.8 Å². The van der Waals surface area contributed by atoms with Gasteiger partial charge < -0.3 is 21.5 Å². The Morgan fingerprint density at radius 2 is 2.10 bits per heavy atom. The van der Waals surface area contributed by atoms with E-state index in [4.69, 9.17) is 22.4 Å². The second-order valence-corrected chi connectivity index (χ2v) is 7.51. The van der Waals surface area contributed by atoms with E-state index in [2.05, 4.69) is 30.9 Å². The molecule has 10 nitrogen and oxygen atoms in total. The van der Waals surface area contributed by atoms with Crippen LogP contribution in [-0.2, 0) is 7.05 Å². The van der Waals surface area contributed by atoms with Crippen LogP contribution < -0.4 is 16.4 Å². The average molecular weight is 417 g/mol. The molecule has 3 aromatic rings. The SMILES string of the molecule is Cn1nnc2c(Nc3ccc(C(=O)O)c(Cl)c3)nc(NC3CCCCC3N)nc21. The first kappa shape index (κ1) is 19.3. The fourth-order valence-corrected chi connectivity index (χ4v) is 3.74. The molecule has 1 aromatic carbocycles. The molecule has 0 bridgehead atoms. The normalized spacial score (nSPS) is 19.3. The van der Waals surface area contributed by atoms with Gasteiger partial charge in [-0.1, -0.05) is 29.7 Å². The van der Waals surface area contributed by atoms with Gasteiger partial charge in [0, 0.05) is 24.8 Å². The number of fused-ring (bicyclic) bond motifs is 1. The Morgan fingerprint density at radius 3 is 2.83 bits per heavy atom. The minimum Gasteiger partial charge on any atom is -0.478 e. The summed E-state index contributed by atoms with van der Waals surface area (Å²) in [5.74, 6) is -0.217. The van der Waals surface area contributed by atoms with Crippen LogP contribution in [0.4, 0.5) is 17.5 Å². The summed E-state index contributed by atoms with van der Waals surface area (Å²) in [6.45, 7) is 0. The van der Waals surface area contributed by atoms with Gasteiger partial charge in [-0.3, -0.25) is 0 Å². The van der Waals surface area contributed by atoms with Crippen molar-refractivity contribution in [2.45, 2.75) is 37.8 Å². The highest BCUT2D eigenvalue weighted by atomic mass is 35.5. The molecule has 11 heteroatoms. The fraction of sp³-hybridized carbons (Fsp3) is 0.389. The van der Waals surface area contributed by atoms with Gasteiger partial charge >= 0.3 is 5.97 Å². The Kier molecular flexibility index (Phi) is 5.20. The molecular formula is C18H21ClN8O2. The van der Waals surface area contributed by atoms with Gasteiger partial charge in [0.25, 0.3) is 0 Å². The number of carboxylic acid groups (broad SMARTS) is 1.